The summed E-state index contributed by atoms with van der Waals surface area (Å²) in [4.78, 5) is 8.69. The summed E-state index contributed by atoms with van der Waals surface area (Å²) in [7, 11) is 0. The Bertz CT molecular complexity index is 502. The Morgan fingerprint density at radius 1 is 1.21 bits per heavy atom. The Morgan fingerprint density at radius 2 is 2.00 bits per heavy atom. The van der Waals surface area contributed by atoms with E-state index in [2.05, 4.69) is 28.3 Å². The number of aromatic nitrogens is 2. The monoisotopic (exact) mass is 275 g/mol. The first-order chi connectivity index (χ1) is 9.29. The molecule has 0 spiro atoms. The second kappa shape index (κ2) is 7.22. The van der Waals surface area contributed by atoms with Gasteiger partial charge in [-0.1, -0.05) is 30.7 Å². The standard InChI is InChI=1S/C15H18ClN3/c1-2-7-17-14(15-18-8-4-9-19-15)11-12-5-3-6-13(16)10-12/h3-6,8-10,14,17H,2,7,11H2,1H3. The largest absolute Gasteiger partial charge is 0.307 e. The summed E-state index contributed by atoms with van der Waals surface area (Å²) in [6.45, 7) is 3.10. The number of hydrogen-bond acceptors (Lipinski definition) is 3. The predicted octanol–water partition coefficient (Wildman–Crippen LogP) is 3.41. The van der Waals surface area contributed by atoms with Gasteiger partial charge in [0.05, 0.1) is 6.04 Å². The van der Waals surface area contributed by atoms with E-state index in [1.54, 1.807) is 12.4 Å². The molecule has 1 unspecified atom stereocenters. The van der Waals surface area contributed by atoms with Gasteiger partial charge in [-0.25, -0.2) is 9.97 Å². The zero-order valence-electron chi connectivity index (χ0n) is 11.0. The lowest BCUT2D eigenvalue weighted by Crippen LogP contribution is -2.25. The van der Waals surface area contributed by atoms with Crippen LogP contribution < -0.4 is 5.32 Å². The van der Waals surface area contributed by atoms with Crippen molar-refractivity contribution in [2.45, 2.75) is 25.8 Å². The van der Waals surface area contributed by atoms with E-state index in [0.717, 1.165) is 30.2 Å². The lowest BCUT2D eigenvalue weighted by atomic mass is 10.1. The van der Waals surface area contributed by atoms with Crippen LogP contribution in [0.25, 0.3) is 0 Å². The molecule has 1 heterocycles. The van der Waals surface area contributed by atoms with E-state index in [4.69, 9.17) is 11.6 Å². The zero-order chi connectivity index (χ0) is 13.5. The maximum absolute atomic E-state index is 6.03. The van der Waals surface area contributed by atoms with Crippen LogP contribution in [0.3, 0.4) is 0 Å². The lowest BCUT2D eigenvalue weighted by molar-refractivity contribution is 0.504. The fourth-order valence-electron chi connectivity index (χ4n) is 1.96. The quantitative estimate of drug-likeness (QED) is 0.878. The molecular formula is C15H18ClN3. The Kier molecular flexibility index (Phi) is 5.31. The molecule has 0 fully saturated rings. The van der Waals surface area contributed by atoms with Crippen molar-refractivity contribution in [2.24, 2.45) is 0 Å². The van der Waals surface area contributed by atoms with Gasteiger partial charge in [-0.2, -0.15) is 0 Å². The first-order valence-corrected chi connectivity index (χ1v) is 6.92. The number of benzene rings is 1. The first-order valence-electron chi connectivity index (χ1n) is 6.54. The average molecular weight is 276 g/mol. The molecule has 1 N–H and O–H groups in total. The third kappa shape index (κ3) is 4.30. The molecule has 0 saturated heterocycles. The second-order valence-electron chi connectivity index (χ2n) is 4.45. The van der Waals surface area contributed by atoms with Gasteiger partial charge in [0.15, 0.2) is 0 Å². The van der Waals surface area contributed by atoms with E-state index in [1.807, 2.05) is 24.3 Å². The molecule has 1 aromatic heterocycles. The van der Waals surface area contributed by atoms with Gasteiger partial charge in [0.1, 0.15) is 5.82 Å². The molecular weight excluding hydrogens is 258 g/mol. The summed E-state index contributed by atoms with van der Waals surface area (Å²) < 4.78 is 0. The highest BCUT2D eigenvalue weighted by atomic mass is 35.5. The van der Waals surface area contributed by atoms with Crippen molar-refractivity contribution in [3.63, 3.8) is 0 Å². The third-order valence-electron chi connectivity index (χ3n) is 2.87. The highest BCUT2D eigenvalue weighted by Crippen LogP contribution is 2.18. The van der Waals surface area contributed by atoms with Crippen molar-refractivity contribution < 1.29 is 0 Å². The van der Waals surface area contributed by atoms with Gasteiger partial charge in [-0.05, 0) is 43.1 Å². The van der Waals surface area contributed by atoms with Crippen molar-refractivity contribution in [1.29, 1.82) is 0 Å². The Hall–Kier alpha value is -1.45. The molecule has 2 rings (SSSR count). The van der Waals surface area contributed by atoms with E-state index in [-0.39, 0.29) is 6.04 Å². The summed E-state index contributed by atoms with van der Waals surface area (Å²) >= 11 is 6.03. The van der Waals surface area contributed by atoms with Gasteiger partial charge >= 0.3 is 0 Å². The maximum atomic E-state index is 6.03. The third-order valence-corrected chi connectivity index (χ3v) is 3.10. The summed E-state index contributed by atoms with van der Waals surface area (Å²) in [5.74, 6) is 0.830. The number of nitrogens with zero attached hydrogens (tertiary/aromatic N) is 2. The minimum absolute atomic E-state index is 0.125. The van der Waals surface area contributed by atoms with Crippen LogP contribution >= 0.6 is 11.6 Å². The fraction of sp³-hybridized carbons (Fsp3) is 0.333. The van der Waals surface area contributed by atoms with E-state index >= 15 is 0 Å². The molecule has 1 aromatic carbocycles. The molecule has 0 aliphatic carbocycles. The molecule has 4 heteroatoms. The molecule has 0 saturated carbocycles. The Balaban J connectivity index is 2.14. The highest BCUT2D eigenvalue weighted by molar-refractivity contribution is 6.30. The molecule has 19 heavy (non-hydrogen) atoms. The van der Waals surface area contributed by atoms with Crippen LogP contribution in [0, 0.1) is 0 Å². The molecule has 1 atom stereocenters. The highest BCUT2D eigenvalue weighted by Gasteiger charge is 2.14. The van der Waals surface area contributed by atoms with Crippen LogP contribution in [0.2, 0.25) is 5.02 Å². The normalized spacial score (nSPS) is 12.3. The van der Waals surface area contributed by atoms with Gasteiger partial charge in [0.25, 0.3) is 0 Å². The topological polar surface area (TPSA) is 37.8 Å². The van der Waals surface area contributed by atoms with E-state index in [9.17, 15) is 0 Å². The summed E-state index contributed by atoms with van der Waals surface area (Å²) in [5.41, 5.74) is 1.19. The van der Waals surface area contributed by atoms with E-state index in [1.165, 1.54) is 5.56 Å². The van der Waals surface area contributed by atoms with Crippen LogP contribution in [0.5, 0.6) is 0 Å². The molecule has 0 aliphatic heterocycles. The number of rotatable bonds is 6. The first kappa shape index (κ1) is 14.0. The number of hydrogen-bond donors (Lipinski definition) is 1. The van der Waals surface area contributed by atoms with Gasteiger partial charge in [-0.15, -0.1) is 0 Å². The minimum Gasteiger partial charge on any atom is -0.307 e. The smallest absolute Gasteiger partial charge is 0.145 e. The average Bonchev–Trinajstić information content (AvgIpc) is 2.44. The Morgan fingerprint density at radius 3 is 2.68 bits per heavy atom. The lowest BCUT2D eigenvalue weighted by Gasteiger charge is -2.17. The minimum atomic E-state index is 0.125. The van der Waals surface area contributed by atoms with Gasteiger partial charge in [-0.3, -0.25) is 0 Å². The molecule has 100 valence electrons. The van der Waals surface area contributed by atoms with Crippen LogP contribution in [-0.2, 0) is 6.42 Å². The molecule has 3 nitrogen and oxygen atoms in total. The molecule has 2 aromatic rings. The molecule has 0 aliphatic rings. The van der Waals surface area contributed by atoms with Crippen LogP contribution in [-0.4, -0.2) is 16.5 Å². The van der Waals surface area contributed by atoms with E-state index < -0.39 is 0 Å². The second-order valence-corrected chi connectivity index (χ2v) is 4.88. The fourth-order valence-corrected chi connectivity index (χ4v) is 2.18. The van der Waals surface area contributed by atoms with Crippen molar-refractivity contribution in [1.82, 2.24) is 15.3 Å². The SMILES string of the molecule is CCCNC(Cc1cccc(Cl)c1)c1ncccn1. The van der Waals surface area contributed by atoms with Crippen molar-refractivity contribution in [3.8, 4) is 0 Å². The maximum Gasteiger partial charge on any atom is 0.145 e. The zero-order valence-corrected chi connectivity index (χ0v) is 11.8. The van der Waals surface area contributed by atoms with Gasteiger partial charge in [0.2, 0.25) is 0 Å². The molecule has 0 radical (unpaired) electrons. The van der Waals surface area contributed by atoms with Crippen molar-refractivity contribution >= 4 is 11.6 Å². The van der Waals surface area contributed by atoms with Crippen molar-refractivity contribution in [3.05, 3.63) is 59.1 Å². The van der Waals surface area contributed by atoms with Crippen molar-refractivity contribution in [2.75, 3.05) is 6.54 Å². The molecule has 0 amide bonds. The van der Waals surface area contributed by atoms with Crippen LogP contribution in [0.1, 0.15) is 30.8 Å². The van der Waals surface area contributed by atoms with Gasteiger partial charge in [0, 0.05) is 17.4 Å². The summed E-state index contributed by atoms with van der Waals surface area (Å²) in [6, 6.07) is 9.89. The van der Waals surface area contributed by atoms with E-state index in [0.29, 0.717) is 0 Å². The molecule has 0 bridgehead atoms. The number of halogens is 1. The number of nitrogens with one attached hydrogen (secondary N) is 1. The Labute approximate surface area is 119 Å². The van der Waals surface area contributed by atoms with Crippen LogP contribution in [0.15, 0.2) is 42.7 Å². The predicted molar refractivity (Wildman–Crippen MR) is 78.2 cm³/mol. The van der Waals surface area contributed by atoms with Crippen LogP contribution in [0.4, 0.5) is 0 Å². The summed E-state index contributed by atoms with van der Waals surface area (Å²) in [5, 5.41) is 4.25. The van der Waals surface area contributed by atoms with Gasteiger partial charge < -0.3 is 5.32 Å². The summed E-state index contributed by atoms with van der Waals surface area (Å²) in [6.07, 6.45) is 5.48.